The van der Waals surface area contributed by atoms with Gasteiger partial charge in [0.1, 0.15) is 23.1 Å². The van der Waals surface area contributed by atoms with Crippen LogP contribution in [0.15, 0.2) is 65.7 Å². The Bertz CT molecular complexity index is 1310. The SMILES string of the molecule is Cc1cc(F)cc(F)c1Cn1cnc(=O)c2cc(Oc3cccc(C(C)O)c3)ccc21. The zero-order valence-electron chi connectivity index (χ0n) is 17.0. The van der Waals surface area contributed by atoms with Crippen molar-refractivity contribution in [3.63, 3.8) is 0 Å². The minimum absolute atomic E-state index is 0.0956. The van der Waals surface area contributed by atoms with Gasteiger partial charge in [0, 0.05) is 11.6 Å². The van der Waals surface area contributed by atoms with Gasteiger partial charge in [-0.1, -0.05) is 12.1 Å². The fourth-order valence-electron chi connectivity index (χ4n) is 3.46. The molecule has 0 bridgehead atoms. The van der Waals surface area contributed by atoms with Crippen molar-refractivity contribution < 1.29 is 18.6 Å². The predicted octanol–water partition coefficient (Wildman–Crippen LogP) is 4.88. The van der Waals surface area contributed by atoms with Crippen LogP contribution in [0.3, 0.4) is 0 Å². The molecular formula is C24H20F2N2O3. The number of hydrogen-bond acceptors (Lipinski definition) is 4. The Hall–Kier alpha value is -3.58. The zero-order valence-corrected chi connectivity index (χ0v) is 17.0. The van der Waals surface area contributed by atoms with Crippen LogP contribution in [-0.2, 0) is 6.54 Å². The van der Waals surface area contributed by atoms with Gasteiger partial charge in [0.25, 0.3) is 5.56 Å². The molecule has 0 aliphatic rings. The van der Waals surface area contributed by atoms with Gasteiger partial charge in [-0.15, -0.1) is 0 Å². The van der Waals surface area contributed by atoms with Crippen LogP contribution in [0.25, 0.3) is 10.9 Å². The molecule has 1 heterocycles. The summed E-state index contributed by atoms with van der Waals surface area (Å²) in [5.74, 6) is -0.340. The number of aliphatic hydroxyl groups is 1. The van der Waals surface area contributed by atoms with E-state index in [0.29, 0.717) is 39.1 Å². The third-order valence-electron chi connectivity index (χ3n) is 5.11. The highest BCUT2D eigenvalue weighted by Crippen LogP contribution is 2.27. The van der Waals surface area contributed by atoms with E-state index >= 15 is 0 Å². The van der Waals surface area contributed by atoms with E-state index in [1.807, 2.05) is 0 Å². The summed E-state index contributed by atoms with van der Waals surface area (Å²) in [6.07, 6.45) is 0.714. The van der Waals surface area contributed by atoms with E-state index in [9.17, 15) is 18.7 Å². The number of aromatic nitrogens is 2. The minimum atomic E-state index is -0.651. The summed E-state index contributed by atoms with van der Waals surface area (Å²) in [7, 11) is 0. The smallest absolute Gasteiger partial charge is 0.280 e. The van der Waals surface area contributed by atoms with E-state index in [0.717, 1.165) is 6.07 Å². The average Bonchev–Trinajstić information content (AvgIpc) is 2.72. The molecule has 1 N–H and O–H groups in total. The van der Waals surface area contributed by atoms with E-state index in [2.05, 4.69) is 4.98 Å². The molecule has 4 aromatic rings. The Morgan fingerprint density at radius 2 is 1.87 bits per heavy atom. The van der Waals surface area contributed by atoms with Gasteiger partial charge in [-0.2, -0.15) is 4.98 Å². The van der Waals surface area contributed by atoms with Crippen molar-refractivity contribution in [1.82, 2.24) is 9.55 Å². The standard InChI is InChI=1S/C24H20F2N2O3/c1-14-8-17(25)10-22(26)21(14)12-28-13-27-24(30)20-11-19(6-7-23(20)28)31-18-5-3-4-16(9-18)15(2)29/h3-11,13,15,29H,12H2,1-2H3. The van der Waals surface area contributed by atoms with Gasteiger partial charge in [-0.05, 0) is 61.4 Å². The van der Waals surface area contributed by atoms with Crippen molar-refractivity contribution in [3.05, 3.63) is 99.6 Å². The number of fused-ring (bicyclic) bond motifs is 1. The lowest BCUT2D eigenvalue weighted by Crippen LogP contribution is -2.14. The Balaban J connectivity index is 1.71. The molecule has 0 spiro atoms. The summed E-state index contributed by atoms with van der Waals surface area (Å²) >= 11 is 0. The van der Waals surface area contributed by atoms with Crippen LogP contribution in [0.2, 0.25) is 0 Å². The van der Waals surface area contributed by atoms with Crippen LogP contribution in [0.5, 0.6) is 11.5 Å². The Morgan fingerprint density at radius 1 is 1.10 bits per heavy atom. The second-order valence-electron chi connectivity index (χ2n) is 7.39. The van der Waals surface area contributed by atoms with Crippen LogP contribution >= 0.6 is 0 Å². The molecule has 0 saturated heterocycles. The molecule has 0 aliphatic heterocycles. The third-order valence-corrected chi connectivity index (χ3v) is 5.11. The number of hydrogen-bond donors (Lipinski definition) is 1. The first-order valence-electron chi connectivity index (χ1n) is 9.71. The Kier molecular flexibility index (Phi) is 5.52. The molecule has 0 aliphatic carbocycles. The lowest BCUT2D eigenvalue weighted by atomic mass is 10.1. The minimum Gasteiger partial charge on any atom is -0.457 e. The fourth-order valence-corrected chi connectivity index (χ4v) is 3.46. The number of benzene rings is 3. The number of nitrogens with zero attached hydrogens (tertiary/aromatic N) is 2. The number of aliphatic hydroxyl groups excluding tert-OH is 1. The Labute approximate surface area is 177 Å². The summed E-state index contributed by atoms with van der Waals surface area (Å²) in [5, 5.41) is 10.1. The first kappa shape index (κ1) is 20.7. The zero-order chi connectivity index (χ0) is 22.1. The van der Waals surface area contributed by atoms with Gasteiger partial charge in [0.15, 0.2) is 0 Å². The molecular weight excluding hydrogens is 402 g/mol. The molecule has 31 heavy (non-hydrogen) atoms. The number of ether oxygens (including phenoxy) is 1. The molecule has 1 unspecified atom stereocenters. The first-order valence-corrected chi connectivity index (χ1v) is 9.71. The molecule has 5 nitrogen and oxygen atoms in total. The van der Waals surface area contributed by atoms with Gasteiger partial charge < -0.3 is 14.4 Å². The monoisotopic (exact) mass is 422 g/mol. The van der Waals surface area contributed by atoms with E-state index < -0.39 is 23.3 Å². The lowest BCUT2D eigenvalue weighted by Gasteiger charge is -2.14. The highest BCUT2D eigenvalue weighted by Gasteiger charge is 2.12. The van der Waals surface area contributed by atoms with Crippen LogP contribution < -0.4 is 10.3 Å². The van der Waals surface area contributed by atoms with Crippen molar-refractivity contribution in [2.45, 2.75) is 26.5 Å². The molecule has 1 aromatic heterocycles. The molecule has 3 aromatic carbocycles. The number of rotatable bonds is 5. The molecule has 4 rings (SSSR count). The summed E-state index contributed by atoms with van der Waals surface area (Å²) < 4.78 is 35.2. The van der Waals surface area contributed by atoms with Crippen LogP contribution in [0.1, 0.15) is 29.7 Å². The van der Waals surface area contributed by atoms with E-state index in [4.69, 9.17) is 4.74 Å². The Morgan fingerprint density at radius 3 is 2.61 bits per heavy atom. The third kappa shape index (κ3) is 4.32. The summed E-state index contributed by atoms with van der Waals surface area (Å²) in [4.78, 5) is 16.3. The van der Waals surface area contributed by atoms with Gasteiger partial charge in [0.05, 0.1) is 29.9 Å². The molecule has 7 heteroatoms. The highest BCUT2D eigenvalue weighted by molar-refractivity contribution is 5.79. The largest absolute Gasteiger partial charge is 0.457 e. The van der Waals surface area contributed by atoms with Crippen LogP contribution in [-0.4, -0.2) is 14.7 Å². The summed E-state index contributed by atoms with van der Waals surface area (Å²) in [5.41, 5.74) is 1.61. The molecule has 0 radical (unpaired) electrons. The number of halogens is 2. The van der Waals surface area contributed by atoms with Gasteiger partial charge >= 0.3 is 0 Å². The summed E-state index contributed by atoms with van der Waals surface area (Å²) in [6.45, 7) is 3.39. The average molecular weight is 422 g/mol. The lowest BCUT2D eigenvalue weighted by molar-refractivity contribution is 0.199. The second kappa shape index (κ2) is 8.28. The maximum atomic E-state index is 14.3. The first-order chi connectivity index (χ1) is 14.8. The number of aryl methyl sites for hydroxylation is 1. The highest BCUT2D eigenvalue weighted by atomic mass is 19.1. The molecule has 0 saturated carbocycles. The molecule has 158 valence electrons. The normalized spacial score (nSPS) is 12.2. The van der Waals surface area contributed by atoms with Gasteiger partial charge in [-0.25, -0.2) is 8.78 Å². The topological polar surface area (TPSA) is 64.4 Å². The van der Waals surface area contributed by atoms with E-state index in [1.54, 1.807) is 60.9 Å². The summed E-state index contributed by atoms with van der Waals surface area (Å²) in [6, 6.07) is 14.1. The fraction of sp³-hybridized carbons (Fsp3) is 0.167. The van der Waals surface area contributed by atoms with Gasteiger partial charge in [-0.3, -0.25) is 4.79 Å². The van der Waals surface area contributed by atoms with E-state index in [-0.39, 0.29) is 6.54 Å². The van der Waals surface area contributed by atoms with Crippen molar-refractivity contribution in [2.75, 3.05) is 0 Å². The maximum absolute atomic E-state index is 14.3. The molecule has 1 atom stereocenters. The maximum Gasteiger partial charge on any atom is 0.280 e. The van der Waals surface area contributed by atoms with Crippen LogP contribution in [0, 0.1) is 18.6 Å². The molecule has 0 fully saturated rings. The van der Waals surface area contributed by atoms with Gasteiger partial charge in [0.2, 0.25) is 0 Å². The van der Waals surface area contributed by atoms with E-state index in [1.165, 1.54) is 12.4 Å². The molecule has 0 amide bonds. The van der Waals surface area contributed by atoms with Crippen LogP contribution in [0.4, 0.5) is 8.78 Å². The predicted molar refractivity (Wildman–Crippen MR) is 113 cm³/mol. The van der Waals surface area contributed by atoms with Crippen molar-refractivity contribution in [2.24, 2.45) is 0 Å². The van der Waals surface area contributed by atoms with Crippen molar-refractivity contribution in [1.29, 1.82) is 0 Å². The van der Waals surface area contributed by atoms with Crippen molar-refractivity contribution >= 4 is 10.9 Å². The van der Waals surface area contributed by atoms with Crippen molar-refractivity contribution in [3.8, 4) is 11.5 Å². The second-order valence-corrected chi connectivity index (χ2v) is 7.39. The quantitative estimate of drug-likeness (QED) is 0.498.